The molecule has 1 aromatic heterocycles. The number of rotatable bonds is 8. The number of aromatic nitrogens is 2. The van der Waals surface area contributed by atoms with Crippen LogP contribution in [0, 0.1) is 5.82 Å². The Kier molecular flexibility index (Phi) is 6.39. The topological polar surface area (TPSA) is 49.8 Å². The molecule has 3 rings (SSSR count). The van der Waals surface area contributed by atoms with Crippen molar-refractivity contribution in [2.45, 2.75) is 12.8 Å². The van der Waals surface area contributed by atoms with E-state index in [-0.39, 0.29) is 5.82 Å². The van der Waals surface area contributed by atoms with Crippen LogP contribution in [0.3, 0.4) is 0 Å². The number of halogens is 2. The van der Waals surface area contributed by atoms with E-state index in [9.17, 15) is 4.39 Å². The van der Waals surface area contributed by atoms with E-state index >= 15 is 0 Å². The molecule has 0 atom stereocenters. The minimum atomic E-state index is -0.187. The quantitative estimate of drug-likeness (QED) is 0.609. The summed E-state index contributed by atoms with van der Waals surface area (Å²) in [5.74, 6) is 1.09. The highest BCUT2D eigenvalue weighted by Crippen LogP contribution is 2.11. The molecule has 0 saturated carbocycles. The van der Waals surface area contributed by atoms with E-state index in [2.05, 4.69) is 20.6 Å². The molecule has 0 unspecified atom stereocenters. The number of hydrogen-bond acceptors (Lipinski definition) is 4. The summed E-state index contributed by atoms with van der Waals surface area (Å²) in [4.78, 5) is 8.62. The van der Waals surface area contributed by atoms with Gasteiger partial charge in [0.1, 0.15) is 11.6 Å². The predicted molar refractivity (Wildman–Crippen MR) is 104 cm³/mol. The average Bonchev–Trinajstić information content (AvgIpc) is 2.65. The zero-order chi connectivity index (χ0) is 18.2. The highest BCUT2D eigenvalue weighted by molar-refractivity contribution is 6.30. The van der Waals surface area contributed by atoms with E-state index in [4.69, 9.17) is 11.6 Å². The van der Waals surface area contributed by atoms with Crippen molar-refractivity contribution in [1.29, 1.82) is 0 Å². The Hall–Kier alpha value is -2.66. The van der Waals surface area contributed by atoms with Gasteiger partial charge in [-0.2, -0.15) is 4.98 Å². The molecule has 1 heterocycles. The molecule has 2 N–H and O–H groups in total. The first-order valence-corrected chi connectivity index (χ1v) is 8.87. The third-order valence-corrected chi connectivity index (χ3v) is 4.18. The average molecular weight is 371 g/mol. The molecule has 0 spiro atoms. The van der Waals surface area contributed by atoms with Crippen molar-refractivity contribution < 1.29 is 4.39 Å². The van der Waals surface area contributed by atoms with Gasteiger partial charge in [0, 0.05) is 24.3 Å². The van der Waals surface area contributed by atoms with E-state index in [0.29, 0.717) is 24.5 Å². The second-order valence-electron chi connectivity index (χ2n) is 5.84. The Morgan fingerprint density at radius 3 is 2.46 bits per heavy atom. The summed E-state index contributed by atoms with van der Waals surface area (Å²) < 4.78 is 13.6. The maximum atomic E-state index is 13.6. The summed E-state index contributed by atoms with van der Waals surface area (Å²) in [6.45, 7) is 1.32. The molecule has 0 aliphatic carbocycles. The molecule has 0 bridgehead atoms. The lowest BCUT2D eigenvalue weighted by Crippen LogP contribution is -2.11. The van der Waals surface area contributed by atoms with Gasteiger partial charge >= 0.3 is 0 Å². The maximum absolute atomic E-state index is 13.6. The highest BCUT2D eigenvalue weighted by atomic mass is 35.5. The summed E-state index contributed by atoms with van der Waals surface area (Å²) in [5.41, 5.74) is 1.89. The van der Waals surface area contributed by atoms with E-state index in [0.717, 1.165) is 23.8 Å². The Bertz CT molecular complexity index is 839. The van der Waals surface area contributed by atoms with Gasteiger partial charge in [-0.15, -0.1) is 0 Å². The molecule has 0 amide bonds. The van der Waals surface area contributed by atoms with E-state index in [1.165, 1.54) is 11.6 Å². The monoisotopic (exact) mass is 370 g/mol. The fraction of sp³-hybridized carbons (Fsp3) is 0.200. The fourth-order valence-corrected chi connectivity index (χ4v) is 2.66. The maximum Gasteiger partial charge on any atom is 0.224 e. The first-order valence-electron chi connectivity index (χ1n) is 8.49. The number of anilines is 2. The molecular formula is C20H20ClFN4. The first-order chi connectivity index (χ1) is 12.7. The Morgan fingerprint density at radius 1 is 0.885 bits per heavy atom. The standard InChI is InChI=1S/C20H20ClFN4/c21-17-7-5-15(6-8-17)9-12-23-19-11-14-25-20(26-19)24-13-10-16-3-1-2-4-18(16)22/h1-8,11,14H,9-10,12-13H2,(H2,23,24,25,26). The van der Waals surface area contributed by atoms with Gasteiger partial charge in [0.05, 0.1) is 0 Å². The minimum absolute atomic E-state index is 0.187. The zero-order valence-corrected chi connectivity index (χ0v) is 15.0. The molecule has 0 saturated heterocycles. The Morgan fingerprint density at radius 2 is 1.65 bits per heavy atom. The van der Waals surface area contributed by atoms with E-state index in [1.807, 2.05) is 36.4 Å². The lowest BCUT2D eigenvalue weighted by molar-refractivity contribution is 0.610. The van der Waals surface area contributed by atoms with Crippen molar-refractivity contribution in [2.75, 3.05) is 23.7 Å². The van der Waals surface area contributed by atoms with Crippen molar-refractivity contribution in [3.63, 3.8) is 0 Å². The van der Waals surface area contributed by atoms with Crippen LogP contribution in [0.4, 0.5) is 16.2 Å². The Balaban J connectivity index is 1.47. The van der Waals surface area contributed by atoms with Gasteiger partial charge in [0.2, 0.25) is 5.95 Å². The largest absolute Gasteiger partial charge is 0.370 e. The van der Waals surface area contributed by atoms with Gasteiger partial charge < -0.3 is 10.6 Å². The van der Waals surface area contributed by atoms with Gasteiger partial charge in [-0.3, -0.25) is 0 Å². The lowest BCUT2D eigenvalue weighted by atomic mass is 10.1. The van der Waals surface area contributed by atoms with Gasteiger partial charge in [-0.25, -0.2) is 9.37 Å². The van der Waals surface area contributed by atoms with Gasteiger partial charge in [0.25, 0.3) is 0 Å². The van der Waals surface area contributed by atoms with Gasteiger partial charge in [-0.05, 0) is 48.2 Å². The summed E-state index contributed by atoms with van der Waals surface area (Å²) in [6, 6.07) is 16.4. The van der Waals surface area contributed by atoms with Crippen molar-refractivity contribution >= 4 is 23.4 Å². The summed E-state index contributed by atoms with van der Waals surface area (Å²) in [5, 5.41) is 7.15. The summed E-state index contributed by atoms with van der Waals surface area (Å²) in [7, 11) is 0. The SMILES string of the molecule is Fc1ccccc1CCNc1nccc(NCCc2ccc(Cl)cc2)n1. The third kappa shape index (κ3) is 5.43. The summed E-state index contributed by atoms with van der Waals surface area (Å²) >= 11 is 5.89. The molecule has 26 heavy (non-hydrogen) atoms. The Labute approximate surface area is 157 Å². The van der Waals surface area contributed by atoms with Crippen LogP contribution in [-0.4, -0.2) is 23.1 Å². The van der Waals surface area contributed by atoms with Crippen LogP contribution in [0.1, 0.15) is 11.1 Å². The van der Waals surface area contributed by atoms with Crippen molar-refractivity contribution in [3.05, 3.63) is 82.8 Å². The molecule has 134 valence electrons. The smallest absolute Gasteiger partial charge is 0.224 e. The van der Waals surface area contributed by atoms with Crippen LogP contribution in [0.25, 0.3) is 0 Å². The molecule has 0 fully saturated rings. The third-order valence-electron chi connectivity index (χ3n) is 3.92. The number of hydrogen-bond donors (Lipinski definition) is 2. The minimum Gasteiger partial charge on any atom is -0.370 e. The molecule has 0 radical (unpaired) electrons. The van der Waals surface area contributed by atoms with E-state index in [1.54, 1.807) is 18.3 Å². The van der Waals surface area contributed by atoms with Crippen LogP contribution < -0.4 is 10.6 Å². The van der Waals surface area contributed by atoms with Crippen molar-refractivity contribution in [2.24, 2.45) is 0 Å². The van der Waals surface area contributed by atoms with Crippen molar-refractivity contribution in [3.8, 4) is 0 Å². The molecule has 3 aromatic rings. The lowest BCUT2D eigenvalue weighted by Gasteiger charge is -2.09. The second kappa shape index (κ2) is 9.15. The van der Waals surface area contributed by atoms with Crippen molar-refractivity contribution in [1.82, 2.24) is 9.97 Å². The predicted octanol–water partition coefficient (Wildman–Crippen LogP) is 4.58. The number of nitrogens with zero attached hydrogens (tertiary/aromatic N) is 2. The number of nitrogens with one attached hydrogen (secondary N) is 2. The zero-order valence-electron chi connectivity index (χ0n) is 14.3. The number of benzene rings is 2. The molecular weight excluding hydrogens is 351 g/mol. The van der Waals surface area contributed by atoms with Crippen LogP contribution in [0.2, 0.25) is 5.02 Å². The summed E-state index contributed by atoms with van der Waals surface area (Å²) in [6.07, 6.45) is 3.14. The fourth-order valence-electron chi connectivity index (χ4n) is 2.54. The molecule has 0 aliphatic heterocycles. The second-order valence-corrected chi connectivity index (χ2v) is 6.27. The van der Waals surface area contributed by atoms with Gasteiger partial charge in [0.15, 0.2) is 0 Å². The normalized spacial score (nSPS) is 10.5. The van der Waals surface area contributed by atoms with Crippen LogP contribution in [0.5, 0.6) is 0 Å². The van der Waals surface area contributed by atoms with Crippen LogP contribution in [-0.2, 0) is 12.8 Å². The molecule has 0 aliphatic rings. The van der Waals surface area contributed by atoms with Crippen LogP contribution in [0.15, 0.2) is 60.8 Å². The molecule has 6 heteroatoms. The highest BCUT2D eigenvalue weighted by Gasteiger charge is 2.02. The molecule has 4 nitrogen and oxygen atoms in total. The van der Waals surface area contributed by atoms with Gasteiger partial charge in [-0.1, -0.05) is 41.9 Å². The first kappa shape index (κ1) is 18.1. The van der Waals surface area contributed by atoms with Crippen LogP contribution >= 0.6 is 11.6 Å². The molecule has 2 aromatic carbocycles. The van der Waals surface area contributed by atoms with E-state index < -0.39 is 0 Å².